The molecule has 0 unspecified atom stereocenters. The van der Waals surface area contributed by atoms with Gasteiger partial charge in [0, 0.05) is 10.5 Å². The van der Waals surface area contributed by atoms with E-state index in [-0.39, 0.29) is 74.5 Å². The zero-order chi connectivity index (χ0) is 51.7. The molecule has 0 aliphatic heterocycles. The molecule has 2 atom stereocenters. The summed E-state index contributed by atoms with van der Waals surface area (Å²) in [6.45, 7) is 33.0. The third kappa shape index (κ3) is 18.0. The van der Waals surface area contributed by atoms with Crippen molar-refractivity contribution in [1.29, 1.82) is 0 Å². The smallest absolute Gasteiger partial charge is 0.850 e. The summed E-state index contributed by atoms with van der Waals surface area (Å²) in [5.41, 5.74) is 10.4. The average Bonchev–Trinajstić information content (AvgIpc) is 3.88. The van der Waals surface area contributed by atoms with Crippen LogP contribution < -0.4 is 76.2 Å². The van der Waals surface area contributed by atoms with Gasteiger partial charge in [0.05, 0.1) is 4.90 Å². The van der Waals surface area contributed by atoms with E-state index >= 15 is 0 Å². The van der Waals surface area contributed by atoms with E-state index in [0.29, 0.717) is 6.29 Å². The Balaban J connectivity index is 0.000000281. The summed E-state index contributed by atoms with van der Waals surface area (Å²) in [6.07, 6.45) is 14.3. The summed E-state index contributed by atoms with van der Waals surface area (Å²) in [5, 5.41) is 12.5. The fourth-order valence-corrected chi connectivity index (χ4v) is 13.6. The van der Waals surface area contributed by atoms with Crippen molar-refractivity contribution in [2.45, 2.75) is 144 Å². The minimum absolute atomic E-state index is 0. The first kappa shape index (κ1) is 61.0. The third-order valence-corrected chi connectivity index (χ3v) is 19.3. The molecule has 9 nitrogen and oxygen atoms in total. The van der Waals surface area contributed by atoms with Gasteiger partial charge in [-0.1, -0.05) is 176 Å². The molecule has 2 aromatic heterocycles. The molecule has 0 N–H and O–H groups in total. The predicted molar refractivity (Wildman–Crippen MR) is 285 cm³/mol. The first-order valence-corrected chi connectivity index (χ1v) is 28.2. The Bertz CT molecular complexity index is 2880. The van der Waals surface area contributed by atoms with Crippen LogP contribution >= 0.6 is 15.1 Å². The molecular formula is C57H76KN4O5P2S+. The van der Waals surface area contributed by atoms with Gasteiger partial charge in [0.1, 0.15) is 58.9 Å². The molecule has 0 radical (unpaired) electrons. The van der Waals surface area contributed by atoms with Crippen LogP contribution in [-0.4, -0.2) is 38.0 Å². The maximum Gasteiger partial charge on any atom is 1.00 e. The van der Waals surface area contributed by atoms with Crippen LogP contribution in [0.1, 0.15) is 101 Å². The van der Waals surface area contributed by atoms with E-state index < -0.39 is 22.9 Å². The number of hydrogen-bond donors (Lipinski definition) is 0. The minimum atomic E-state index is -4.27. The second-order valence-electron chi connectivity index (χ2n) is 21.0. The van der Waals surface area contributed by atoms with Gasteiger partial charge in [-0.05, 0) is 101 Å². The van der Waals surface area contributed by atoms with E-state index in [1.165, 1.54) is 62.2 Å². The molecule has 70 heavy (non-hydrogen) atoms. The Morgan fingerprint density at radius 1 is 0.586 bits per heavy atom. The summed E-state index contributed by atoms with van der Waals surface area (Å²) >= 11 is 0. The van der Waals surface area contributed by atoms with Gasteiger partial charge >= 0.3 is 51.4 Å². The van der Waals surface area contributed by atoms with Crippen molar-refractivity contribution in [3.8, 4) is 11.4 Å². The molecule has 7 aromatic rings. The molecule has 7 rings (SSSR count). The van der Waals surface area contributed by atoms with Crippen LogP contribution in [0.2, 0.25) is 0 Å². The summed E-state index contributed by atoms with van der Waals surface area (Å²) < 4.78 is 54.1. The fourth-order valence-electron chi connectivity index (χ4n) is 8.12. The number of rotatable bonds is 9. The van der Waals surface area contributed by atoms with Gasteiger partial charge in [0.25, 0.3) is 0 Å². The van der Waals surface area contributed by atoms with E-state index in [9.17, 15) is 22.6 Å². The number of benzene rings is 5. The van der Waals surface area contributed by atoms with Gasteiger partial charge in [0.2, 0.25) is 12.7 Å². The van der Waals surface area contributed by atoms with E-state index in [4.69, 9.17) is 0 Å². The standard InChI is InChI=1S/C23H30N2OP.C23H30N2P.C7H8O3S.C4H9O.K/c1-18-14-19(2)22(20(3)15-18)25-13-12-24(16-25)17-27(26,23(4,5)6)21-10-8-7-9-11-21;1-18-14-19(2)22(20(3)15-18)25-13-12-24(16-25)17-26(23(4,5)6)21-10-8-7-9-11-21;1-6-2-4-7(5-3-6)11(8,9)10;1-4(2,3)5;/h7-16H,17H2,1-6H3;7-16H,17H2,1-6H3;2-5H,1H3,(H,8,9,10);1-3H3;/q2*+1;;-1;+1/p-1/t27-;26-;;;/m10.../s1. The Morgan fingerprint density at radius 3 is 1.36 bits per heavy atom. The van der Waals surface area contributed by atoms with Crippen LogP contribution in [-0.2, 0) is 27.3 Å². The number of hydrogen-bond acceptors (Lipinski definition) is 5. The molecule has 0 aliphatic rings. The molecule has 0 bridgehead atoms. The Labute approximate surface area is 464 Å². The number of aromatic nitrogens is 4. The summed E-state index contributed by atoms with van der Waals surface area (Å²) in [4.78, 5) is -0.178. The second kappa shape index (κ2) is 25.6. The minimum Gasteiger partial charge on any atom is -0.850 e. The van der Waals surface area contributed by atoms with Gasteiger partial charge in [-0.3, -0.25) is 0 Å². The second-order valence-corrected chi connectivity index (χ2v) is 29.0. The monoisotopic (exact) mass is 1030 g/mol. The SMILES string of the molecule is CC(C)(C)[O-].Cc1cc(C)c(-n2cc[n+](C[P@@](=O)(c3ccccc3)C(C)(C)C)c2)c(C)c1.Cc1cc(C)c(-n2cc[n+](C[P@@](c3ccccc3)C(C)(C)C)c2)c(C)c1.Cc1ccc(S(=O)(=O)[O-])cc1.[K+]. The van der Waals surface area contributed by atoms with E-state index in [1.807, 2.05) is 43.5 Å². The number of nitrogens with zero attached hydrogens (tertiary/aromatic N) is 4. The quantitative estimate of drug-likeness (QED) is 0.0624. The van der Waals surface area contributed by atoms with Crippen LogP contribution in [0.15, 0.2) is 152 Å². The molecule has 0 saturated heterocycles. The maximum atomic E-state index is 14.1. The van der Waals surface area contributed by atoms with Crippen molar-refractivity contribution < 1.29 is 83.2 Å². The van der Waals surface area contributed by atoms with E-state index in [1.54, 1.807) is 32.9 Å². The Morgan fingerprint density at radius 2 is 0.971 bits per heavy atom. The molecule has 0 fully saturated rings. The molecule has 0 aliphatic carbocycles. The van der Waals surface area contributed by atoms with Gasteiger partial charge in [-0.2, -0.15) is 0 Å². The van der Waals surface area contributed by atoms with Crippen molar-refractivity contribution in [3.05, 3.63) is 186 Å². The largest absolute Gasteiger partial charge is 1.00 e. The molecule has 370 valence electrons. The van der Waals surface area contributed by atoms with Crippen LogP contribution in [0.5, 0.6) is 0 Å². The first-order valence-electron chi connectivity index (χ1n) is 23.4. The van der Waals surface area contributed by atoms with Crippen LogP contribution in [0.25, 0.3) is 11.4 Å². The summed E-state index contributed by atoms with van der Waals surface area (Å²) in [7, 11) is -7.21. The molecule has 2 heterocycles. The molecule has 0 spiro atoms. The first-order chi connectivity index (χ1) is 31.9. The summed E-state index contributed by atoms with van der Waals surface area (Å²) in [5.74, 6) is 0. The maximum absolute atomic E-state index is 14.1. The van der Waals surface area contributed by atoms with Crippen molar-refractivity contribution >= 4 is 35.8 Å². The fraction of sp³-hybridized carbons (Fsp3) is 0.368. The van der Waals surface area contributed by atoms with Crippen molar-refractivity contribution in [2.75, 3.05) is 0 Å². The Kier molecular flexibility index (Phi) is 22.3. The van der Waals surface area contributed by atoms with Gasteiger partial charge in [-0.15, -0.1) is 5.60 Å². The predicted octanol–water partition coefficient (Wildman–Crippen LogP) is 8.44. The van der Waals surface area contributed by atoms with Crippen molar-refractivity contribution in [3.63, 3.8) is 0 Å². The van der Waals surface area contributed by atoms with Crippen molar-refractivity contribution in [1.82, 2.24) is 9.13 Å². The topological polar surface area (TPSA) is 115 Å². The van der Waals surface area contributed by atoms with E-state index in [0.717, 1.165) is 17.2 Å². The molecule has 5 aromatic carbocycles. The van der Waals surface area contributed by atoms with Crippen molar-refractivity contribution in [2.24, 2.45) is 0 Å². The zero-order valence-corrected chi connectivity index (χ0v) is 50.6. The van der Waals surface area contributed by atoms with Gasteiger partial charge in [0.15, 0.2) is 7.14 Å². The van der Waals surface area contributed by atoms with Gasteiger partial charge in [-0.25, -0.2) is 26.7 Å². The van der Waals surface area contributed by atoms with Crippen LogP contribution in [0.4, 0.5) is 0 Å². The normalized spacial score (nSPS) is 12.9. The average molecular weight is 1030 g/mol. The number of imidazole rings is 2. The number of aryl methyl sites for hydroxylation is 7. The van der Waals surface area contributed by atoms with E-state index in [2.05, 4.69) is 187 Å². The third-order valence-electron chi connectivity index (χ3n) is 11.3. The summed E-state index contributed by atoms with van der Waals surface area (Å²) in [6, 6.07) is 35.6. The van der Waals surface area contributed by atoms with Gasteiger partial charge < -0.3 is 14.2 Å². The Hall–Kier alpha value is -3.31. The molecular weight excluding hydrogens is 954 g/mol. The van der Waals surface area contributed by atoms with Crippen LogP contribution in [0.3, 0.4) is 0 Å². The zero-order valence-electron chi connectivity index (χ0n) is 44.9. The van der Waals surface area contributed by atoms with Crippen LogP contribution in [0, 0.1) is 48.5 Å². The molecule has 13 heteroatoms. The molecule has 0 saturated carbocycles. The molecule has 0 amide bonds.